The number of furan rings is 1. The number of anilines is 1. The first-order chi connectivity index (χ1) is 11.6. The van der Waals surface area contributed by atoms with Crippen LogP contribution in [-0.2, 0) is 7.05 Å². The number of rotatable bonds is 5. The first-order valence-corrected chi connectivity index (χ1v) is 8.11. The first kappa shape index (κ1) is 16.1. The van der Waals surface area contributed by atoms with Crippen molar-refractivity contribution in [2.45, 2.75) is 32.7 Å². The van der Waals surface area contributed by atoms with Gasteiger partial charge >= 0.3 is 6.03 Å². The average Bonchev–Trinajstić information content (AvgIpc) is 3.11. The number of carbonyl (C=O) groups excluding carboxylic acids is 1. The molecule has 0 fully saturated rings. The van der Waals surface area contributed by atoms with Crippen molar-refractivity contribution in [1.29, 1.82) is 0 Å². The van der Waals surface area contributed by atoms with E-state index in [-0.39, 0.29) is 12.1 Å². The number of urea groups is 1. The summed E-state index contributed by atoms with van der Waals surface area (Å²) in [5, 5.41) is 6.86. The van der Waals surface area contributed by atoms with Gasteiger partial charge in [-0.2, -0.15) is 0 Å². The van der Waals surface area contributed by atoms with Crippen LogP contribution in [0.3, 0.4) is 0 Å². The van der Waals surface area contributed by atoms with Gasteiger partial charge in [-0.15, -0.1) is 0 Å². The van der Waals surface area contributed by atoms with Crippen molar-refractivity contribution < 1.29 is 9.21 Å². The number of imidazole rings is 1. The molecule has 2 heterocycles. The molecule has 0 aliphatic carbocycles. The standard InChI is InChI=1S/C18H22N4O2/c1-4-5-15(17-19-8-9-22(17)3)21-18(23)20-14-6-7-16-13(11-14)10-12(2)24-16/h6-11,15H,4-5H2,1-3H3,(H2,20,21,23)/t15-/m0/s1. The highest BCUT2D eigenvalue weighted by Gasteiger charge is 2.17. The predicted octanol–water partition coefficient (Wildman–Crippen LogP) is 4.14. The number of carbonyl (C=O) groups is 1. The van der Waals surface area contributed by atoms with Gasteiger partial charge in [-0.05, 0) is 37.6 Å². The second-order valence-electron chi connectivity index (χ2n) is 5.95. The maximum absolute atomic E-state index is 12.4. The highest BCUT2D eigenvalue weighted by Crippen LogP contribution is 2.23. The molecule has 6 nitrogen and oxygen atoms in total. The summed E-state index contributed by atoms with van der Waals surface area (Å²) in [5.74, 6) is 1.71. The molecule has 2 N–H and O–H groups in total. The third-order valence-corrected chi connectivity index (χ3v) is 3.95. The van der Waals surface area contributed by atoms with Gasteiger partial charge in [0.05, 0.1) is 6.04 Å². The lowest BCUT2D eigenvalue weighted by molar-refractivity contribution is 0.247. The van der Waals surface area contributed by atoms with E-state index in [1.54, 1.807) is 6.20 Å². The van der Waals surface area contributed by atoms with E-state index in [0.717, 1.165) is 41.1 Å². The van der Waals surface area contributed by atoms with Gasteiger partial charge in [-0.25, -0.2) is 9.78 Å². The van der Waals surface area contributed by atoms with E-state index in [0.29, 0.717) is 0 Å². The molecule has 2 amide bonds. The van der Waals surface area contributed by atoms with E-state index in [9.17, 15) is 4.79 Å². The van der Waals surface area contributed by atoms with Gasteiger partial charge < -0.3 is 19.6 Å². The van der Waals surface area contributed by atoms with E-state index in [1.807, 2.05) is 49.0 Å². The molecule has 3 aromatic rings. The monoisotopic (exact) mass is 326 g/mol. The molecule has 0 spiro atoms. The van der Waals surface area contributed by atoms with E-state index < -0.39 is 0 Å². The minimum Gasteiger partial charge on any atom is -0.461 e. The summed E-state index contributed by atoms with van der Waals surface area (Å²) < 4.78 is 7.48. The van der Waals surface area contributed by atoms with Crippen LogP contribution in [-0.4, -0.2) is 15.6 Å². The quantitative estimate of drug-likeness (QED) is 0.740. The molecule has 0 bridgehead atoms. The smallest absolute Gasteiger partial charge is 0.319 e. The molecule has 126 valence electrons. The number of aryl methyl sites for hydroxylation is 2. The lowest BCUT2D eigenvalue weighted by atomic mass is 10.1. The molecule has 0 aliphatic heterocycles. The number of aromatic nitrogens is 2. The fraction of sp³-hybridized carbons (Fsp3) is 0.333. The molecule has 24 heavy (non-hydrogen) atoms. The minimum absolute atomic E-state index is 0.116. The number of hydrogen-bond acceptors (Lipinski definition) is 3. The Kier molecular flexibility index (Phi) is 4.55. The lowest BCUT2D eigenvalue weighted by Gasteiger charge is -2.18. The fourth-order valence-corrected chi connectivity index (χ4v) is 2.85. The van der Waals surface area contributed by atoms with Crippen LogP contribution in [0.25, 0.3) is 11.0 Å². The van der Waals surface area contributed by atoms with Crippen molar-refractivity contribution in [3.05, 3.63) is 48.2 Å². The van der Waals surface area contributed by atoms with Gasteiger partial charge in [0.1, 0.15) is 17.2 Å². The molecule has 2 aromatic heterocycles. The molecule has 6 heteroatoms. The molecule has 1 atom stereocenters. The Labute approximate surface area is 140 Å². The second kappa shape index (κ2) is 6.78. The van der Waals surface area contributed by atoms with Crippen LogP contribution in [0.4, 0.5) is 10.5 Å². The SMILES string of the molecule is CCC[C@H](NC(=O)Nc1ccc2oc(C)cc2c1)c1nccn1C. The molecule has 0 saturated carbocycles. The number of hydrogen-bond donors (Lipinski definition) is 2. The van der Waals surface area contributed by atoms with Gasteiger partial charge in [0.25, 0.3) is 0 Å². The Morgan fingerprint density at radius 1 is 1.38 bits per heavy atom. The Balaban J connectivity index is 1.71. The van der Waals surface area contributed by atoms with Gasteiger partial charge in [0.2, 0.25) is 0 Å². The predicted molar refractivity (Wildman–Crippen MR) is 94.0 cm³/mol. The van der Waals surface area contributed by atoms with Crippen LogP contribution < -0.4 is 10.6 Å². The second-order valence-corrected chi connectivity index (χ2v) is 5.95. The van der Waals surface area contributed by atoms with Crippen LogP contribution in [0.2, 0.25) is 0 Å². The molecule has 0 saturated heterocycles. The summed E-state index contributed by atoms with van der Waals surface area (Å²) >= 11 is 0. The highest BCUT2D eigenvalue weighted by atomic mass is 16.3. The summed E-state index contributed by atoms with van der Waals surface area (Å²) in [5.41, 5.74) is 1.55. The maximum atomic E-state index is 12.4. The van der Waals surface area contributed by atoms with Crippen molar-refractivity contribution >= 4 is 22.7 Å². The van der Waals surface area contributed by atoms with Gasteiger partial charge in [0.15, 0.2) is 0 Å². The normalized spacial score (nSPS) is 12.3. The van der Waals surface area contributed by atoms with E-state index in [1.165, 1.54) is 0 Å². The van der Waals surface area contributed by atoms with E-state index in [4.69, 9.17) is 4.42 Å². The zero-order valence-corrected chi connectivity index (χ0v) is 14.2. The molecule has 0 radical (unpaired) electrons. The molecule has 0 unspecified atom stereocenters. The maximum Gasteiger partial charge on any atom is 0.319 e. The van der Waals surface area contributed by atoms with Crippen LogP contribution in [0, 0.1) is 6.92 Å². The Bertz CT molecular complexity index is 850. The summed E-state index contributed by atoms with van der Waals surface area (Å²) in [6.45, 7) is 3.99. The third kappa shape index (κ3) is 3.42. The molecule has 3 rings (SSSR count). The zero-order chi connectivity index (χ0) is 17.1. The fourth-order valence-electron chi connectivity index (χ4n) is 2.85. The number of amides is 2. The van der Waals surface area contributed by atoms with Crippen molar-refractivity contribution in [3.8, 4) is 0 Å². The van der Waals surface area contributed by atoms with Crippen molar-refractivity contribution in [2.75, 3.05) is 5.32 Å². The number of benzene rings is 1. The molecule has 0 aliphatic rings. The summed E-state index contributed by atoms with van der Waals surface area (Å²) in [4.78, 5) is 16.7. The van der Waals surface area contributed by atoms with Crippen LogP contribution in [0.1, 0.15) is 37.4 Å². The minimum atomic E-state index is -0.240. The van der Waals surface area contributed by atoms with Crippen LogP contribution in [0.15, 0.2) is 41.1 Å². The molecule has 1 aromatic carbocycles. The Morgan fingerprint density at radius 2 is 2.21 bits per heavy atom. The van der Waals surface area contributed by atoms with Gasteiger partial charge in [-0.3, -0.25) is 0 Å². The average molecular weight is 326 g/mol. The number of nitrogens with one attached hydrogen (secondary N) is 2. The zero-order valence-electron chi connectivity index (χ0n) is 14.2. The summed E-state index contributed by atoms with van der Waals surface area (Å²) in [7, 11) is 1.93. The molecular formula is C18H22N4O2. The van der Waals surface area contributed by atoms with Crippen molar-refractivity contribution in [2.24, 2.45) is 7.05 Å². The van der Waals surface area contributed by atoms with E-state index >= 15 is 0 Å². The van der Waals surface area contributed by atoms with Crippen molar-refractivity contribution in [1.82, 2.24) is 14.9 Å². The Hall–Kier alpha value is -2.76. The van der Waals surface area contributed by atoms with Crippen LogP contribution >= 0.6 is 0 Å². The summed E-state index contributed by atoms with van der Waals surface area (Å²) in [6, 6.07) is 7.19. The van der Waals surface area contributed by atoms with Gasteiger partial charge in [-0.1, -0.05) is 13.3 Å². The van der Waals surface area contributed by atoms with Gasteiger partial charge in [0, 0.05) is 30.5 Å². The summed E-state index contributed by atoms with van der Waals surface area (Å²) in [6.07, 6.45) is 5.41. The highest BCUT2D eigenvalue weighted by molar-refractivity contribution is 5.92. The van der Waals surface area contributed by atoms with Crippen molar-refractivity contribution in [3.63, 3.8) is 0 Å². The molecular weight excluding hydrogens is 304 g/mol. The lowest BCUT2D eigenvalue weighted by Crippen LogP contribution is -2.33. The number of fused-ring (bicyclic) bond motifs is 1. The van der Waals surface area contributed by atoms with E-state index in [2.05, 4.69) is 22.5 Å². The Morgan fingerprint density at radius 3 is 2.92 bits per heavy atom. The largest absolute Gasteiger partial charge is 0.461 e. The number of nitrogens with zero attached hydrogens (tertiary/aromatic N) is 2. The third-order valence-electron chi connectivity index (χ3n) is 3.95. The van der Waals surface area contributed by atoms with Crippen LogP contribution in [0.5, 0.6) is 0 Å². The topological polar surface area (TPSA) is 72.1 Å². The first-order valence-electron chi connectivity index (χ1n) is 8.11.